The molecule has 1 N–H and O–H groups in total. The number of carbonyl (C=O) groups excluding carboxylic acids is 2. The lowest BCUT2D eigenvalue weighted by molar-refractivity contribution is -0.145. The van der Waals surface area contributed by atoms with Gasteiger partial charge in [-0.3, -0.25) is 4.79 Å². The number of hydrogen-bond donors (Lipinski definition) is 1. The van der Waals surface area contributed by atoms with Crippen LogP contribution in [0.2, 0.25) is 0 Å². The van der Waals surface area contributed by atoms with E-state index in [1.54, 1.807) is 25.3 Å². The third-order valence-electron chi connectivity index (χ3n) is 3.95. The molecule has 1 amide bonds. The Morgan fingerprint density at radius 2 is 1.73 bits per heavy atom. The van der Waals surface area contributed by atoms with Crippen LogP contribution in [0.25, 0.3) is 0 Å². The van der Waals surface area contributed by atoms with Gasteiger partial charge in [0.15, 0.2) is 0 Å². The molecular weight excluding hydrogens is 334 g/mol. The van der Waals surface area contributed by atoms with Gasteiger partial charge in [-0.15, -0.1) is 0 Å². The van der Waals surface area contributed by atoms with Gasteiger partial charge in [-0.25, -0.2) is 4.79 Å². The Kier molecular flexibility index (Phi) is 7.02. The standard InChI is InChI=1S/C20H23NO5/c1-24-16-10-9-15(18(13-16)25-2)12-19(22)21-17(20(23)26-3)11-14-7-5-4-6-8-14/h4-10,13,17H,11-12H2,1-3H3,(H,21,22). The number of rotatable bonds is 8. The molecule has 1 unspecified atom stereocenters. The highest BCUT2D eigenvalue weighted by atomic mass is 16.5. The summed E-state index contributed by atoms with van der Waals surface area (Å²) < 4.78 is 15.3. The molecule has 2 aromatic rings. The minimum atomic E-state index is -0.751. The zero-order valence-electron chi connectivity index (χ0n) is 15.2. The Labute approximate surface area is 153 Å². The van der Waals surface area contributed by atoms with Crippen molar-refractivity contribution in [2.24, 2.45) is 0 Å². The van der Waals surface area contributed by atoms with E-state index in [2.05, 4.69) is 5.32 Å². The molecule has 26 heavy (non-hydrogen) atoms. The van der Waals surface area contributed by atoms with Gasteiger partial charge in [-0.2, -0.15) is 0 Å². The van der Waals surface area contributed by atoms with Crippen LogP contribution in [0, 0.1) is 0 Å². The number of esters is 1. The Bertz CT molecular complexity index is 745. The van der Waals surface area contributed by atoms with Crippen molar-refractivity contribution in [3.8, 4) is 11.5 Å². The molecular formula is C20H23NO5. The van der Waals surface area contributed by atoms with Crippen molar-refractivity contribution in [3.63, 3.8) is 0 Å². The zero-order valence-corrected chi connectivity index (χ0v) is 15.2. The first kappa shape index (κ1) is 19.3. The minimum absolute atomic E-state index is 0.0788. The zero-order chi connectivity index (χ0) is 18.9. The van der Waals surface area contributed by atoms with Gasteiger partial charge in [0.05, 0.1) is 27.8 Å². The van der Waals surface area contributed by atoms with Crippen molar-refractivity contribution in [1.29, 1.82) is 0 Å². The van der Waals surface area contributed by atoms with E-state index >= 15 is 0 Å². The van der Waals surface area contributed by atoms with Crippen LogP contribution < -0.4 is 14.8 Å². The second-order valence-corrected chi connectivity index (χ2v) is 5.69. The Hall–Kier alpha value is -3.02. The molecule has 6 nitrogen and oxygen atoms in total. The quantitative estimate of drug-likeness (QED) is 0.733. The lowest BCUT2D eigenvalue weighted by Gasteiger charge is -2.17. The average molecular weight is 357 g/mol. The maximum absolute atomic E-state index is 12.5. The lowest BCUT2D eigenvalue weighted by atomic mass is 10.0. The molecule has 2 aromatic carbocycles. The molecule has 0 saturated heterocycles. The summed E-state index contributed by atoms with van der Waals surface area (Å²) in [4.78, 5) is 24.5. The smallest absolute Gasteiger partial charge is 0.328 e. The van der Waals surface area contributed by atoms with E-state index in [1.807, 2.05) is 30.3 Å². The number of hydrogen-bond acceptors (Lipinski definition) is 5. The molecule has 0 aromatic heterocycles. The Balaban J connectivity index is 2.08. The van der Waals surface area contributed by atoms with Crippen LogP contribution in [0.3, 0.4) is 0 Å². The highest BCUT2D eigenvalue weighted by molar-refractivity contribution is 5.86. The maximum Gasteiger partial charge on any atom is 0.328 e. The fourth-order valence-electron chi connectivity index (χ4n) is 2.60. The number of carbonyl (C=O) groups is 2. The van der Waals surface area contributed by atoms with Gasteiger partial charge in [0, 0.05) is 18.1 Å². The first-order valence-electron chi connectivity index (χ1n) is 8.19. The third kappa shape index (κ3) is 5.24. The highest BCUT2D eigenvalue weighted by Crippen LogP contribution is 2.25. The van der Waals surface area contributed by atoms with Gasteiger partial charge in [0.1, 0.15) is 17.5 Å². The van der Waals surface area contributed by atoms with Gasteiger partial charge >= 0.3 is 5.97 Å². The van der Waals surface area contributed by atoms with Gasteiger partial charge in [0.2, 0.25) is 5.91 Å². The van der Waals surface area contributed by atoms with Crippen molar-refractivity contribution in [2.45, 2.75) is 18.9 Å². The summed E-state index contributed by atoms with van der Waals surface area (Å²) in [5.41, 5.74) is 1.64. The van der Waals surface area contributed by atoms with Crippen LogP contribution in [0.4, 0.5) is 0 Å². The van der Waals surface area contributed by atoms with Crippen LogP contribution in [-0.4, -0.2) is 39.2 Å². The summed E-state index contributed by atoms with van der Waals surface area (Å²) in [6.07, 6.45) is 0.439. The largest absolute Gasteiger partial charge is 0.497 e. The van der Waals surface area contributed by atoms with Crippen molar-refractivity contribution in [1.82, 2.24) is 5.32 Å². The molecule has 0 spiro atoms. The molecule has 0 radical (unpaired) electrons. The van der Waals surface area contributed by atoms with E-state index in [0.717, 1.165) is 5.56 Å². The van der Waals surface area contributed by atoms with E-state index in [0.29, 0.717) is 23.5 Å². The monoisotopic (exact) mass is 357 g/mol. The van der Waals surface area contributed by atoms with Crippen LogP contribution in [0.15, 0.2) is 48.5 Å². The number of amides is 1. The number of nitrogens with one attached hydrogen (secondary N) is 1. The Morgan fingerprint density at radius 3 is 2.35 bits per heavy atom. The van der Waals surface area contributed by atoms with E-state index in [9.17, 15) is 9.59 Å². The molecule has 0 heterocycles. The van der Waals surface area contributed by atoms with Gasteiger partial charge < -0.3 is 19.5 Å². The molecule has 2 rings (SSSR count). The minimum Gasteiger partial charge on any atom is -0.497 e. The normalized spacial score (nSPS) is 11.3. The molecule has 0 aliphatic carbocycles. The molecule has 1 atom stereocenters. The van der Waals surface area contributed by atoms with Crippen molar-refractivity contribution >= 4 is 11.9 Å². The molecule has 0 aliphatic rings. The van der Waals surface area contributed by atoms with E-state index < -0.39 is 12.0 Å². The number of benzene rings is 2. The lowest BCUT2D eigenvalue weighted by Crippen LogP contribution is -2.43. The first-order valence-corrected chi connectivity index (χ1v) is 8.19. The SMILES string of the molecule is COC(=O)C(Cc1ccccc1)NC(=O)Cc1ccc(OC)cc1OC. The van der Waals surface area contributed by atoms with Crippen molar-refractivity contribution in [2.75, 3.05) is 21.3 Å². The second-order valence-electron chi connectivity index (χ2n) is 5.69. The molecule has 0 aliphatic heterocycles. The summed E-state index contributed by atoms with van der Waals surface area (Å²) in [6.45, 7) is 0. The van der Waals surface area contributed by atoms with Crippen LogP contribution >= 0.6 is 0 Å². The molecule has 0 bridgehead atoms. The summed E-state index contributed by atoms with van der Waals surface area (Å²) in [7, 11) is 4.40. The van der Waals surface area contributed by atoms with Crippen molar-refractivity contribution in [3.05, 3.63) is 59.7 Å². The van der Waals surface area contributed by atoms with Gasteiger partial charge in [-0.1, -0.05) is 36.4 Å². The fourth-order valence-corrected chi connectivity index (χ4v) is 2.60. The van der Waals surface area contributed by atoms with Crippen LogP contribution in [0.1, 0.15) is 11.1 Å². The predicted molar refractivity (Wildman–Crippen MR) is 97.3 cm³/mol. The number of methoxy groups -OCH3 is 3. The fraction of sp³-hybridized carbons (Fsp3) is 0.300. The number of ether oxygens (including phenoxy) is 3. The molecule has 0 fully saturated rings. The topological polar surface area (TPSA) is 73.9 Å². The summed E-state index contributed by atoms with van der Waals surface area (Å²) in [6, 6.07) is 13.9. The van der Waals surface area contributed by atoms with Crippen molar-refractivity contribution < 1.29 is 23.8 Å². The van der Waals surface area contributed by atoms with Crippen LogP contribution in [0.5, 0.6) is 11.5 Å². The second kappa shape index (κ2) is 9.46. The summed E-state index contributed by atoms with van der Waals surface area (Å²) >= 11 is 0. The Morgan fingerprint density at radius 1 is 1.00 bits per heavy atom. The summed E-state index contributed by atoms with van der Waals surface area (Å²) in [5.74, 6) is 0.420. The molecule has 0 saturated carbocycles. The predicted octanol–water partition coefficient (Wildman–Crippen LogP) is 2.15. The van der Waals surface area contributed by atoms with E-state index in [1.165, 1.54) is 14.2 Å². The van der Waals surface area contributed by atoms with Gasteiger partial charge in [0.25, 0.3) is 0 Å². The first-order chi connectivity index (χ1) is 12.6. The molecule has 6 heteroatoms. The maximum atomic E-state index is 12.5. The summed E-state index contributed by atoms with van der Waals surface area (Å²) in [5, 5.41) is 2.74. The average Bonchev–Trinajstić information content (AvgIpc) is 2.67. The van der Waals surface area contributed by atoms with Gasteiger partial charge in [-0.05, 0) is 11.6 Å². The van der Waals surface area contributed by atoms with E-state index in [-0.39, 0.29) is 12.3 Å². The van der Waals surface area contributed by atoms with E-state index in [4.69, 9.17) is 14.2 Å². The van der Waals surface area contributed by atoms with Crippen LogP contribution in [-0.2, 0) is 27.2 Å². The molecule has 138 valence electrons. The highest BCUT2D eigenvalue weighted by Gasteiger charge is 2.22. The third-order valence-corrected chi connectivity index (χ3v) is 3.95.